The summed E-state index contributed by atoms with van der Waals surface area (Å²) in [5, 5.41) is 10.2. The van der Waals surface area contributed by atoms with Crippen LogP contribution in [0.15, 0.2) is 48.7 Å². The monoisotopic (exact) mass is 354 g/mol. The molecule has 1 heterocycles. The Labute approximate surface area is 150 Å². The minimum atomic E-state index is -0.731. The number of methoxy groups -OCH3 is 1. The number of rotatable bonds is 5. The first-order valence-corrected chi connectivity index (χ1v) is 8.11. The fraction of sp³-hybridized carbons (Fsp3) is 0.200. The molecule has 0 aliphatic carbocycles. The number of phenols is 1. The molecule has 0 aliphatic rings. The quantitative estimate of drug-likeness (QED) is 0.764. The number of aromatic hydroxyl groups is 1. The summed E-state index contributed by atoms with van der Waals surface area (Å²) in [6.07, 6.45) is 1.75. The SMILES string of the molecule is COc1ccc(CN(C)C(=O)Cc2ccc(O)c(F)c2)c2cccnc12. The van der Waals surface area contributed by atoms with Gasteiger partial charge in [-0.1, -0.05) is 18.2 Å². The van der Waals surface area contributed by atoms with Crippen LogP contribution in [0.4, 0.5) is 4.39 Å². The standard InChI is InChI=1S/C20H19FN2O3/c1-23(19(25)11-13-5-7-17(24)16(21)10-13)12-14-6-8-18(26-2)20-15(14)4-3-9-22-20/h3-10,24H,11-12H2,1-2H3. The van der Waals surface area contributed by atoms with E-state index in [1.54, 1.807) is 25.3 Å². The summed E-state index contributed by atoms with van der Waals surface area (Å²) in [6.45, 7) is 0.394. The Morgan fingerprint density at radius 2 is 2.08 bits per heavy atom. The first-order chi connectivity index (χ1) is 12.5. The van der Waals surface area contributed by atoms with Gasteiger partial charge in [-0.25, -0.2) is 4.39 Å². The number of amides is 1. The van der Waals surface area contributed by atoms with Gasteiger partial charge in [-0.2, -0.15) is 0 Å². The third-order valence-corrected chi connectivity index (χ3v) is 4.24. The molecule has 26 heavy (non-hydrogen) atoms. The van der Waals surface area contributed by atoms with Crippen molar-refractivity contribution in [1.82, 2.24) is 9.88 Å². The van der Waals surface area contributed by atoms with Crippen LogP contribution in [0.25, 0.3) is 10.9 Å². The molecule has 134 valence electrons. The van der Waals surface area contributed by atoms with E-state index in [2.05, 4.69) is 4.98 Å². The fourth-order valence-corrected chi connectivity index (χ4v) is 2.82. The number of likely N-dealkylation sites (N-methyl/N-ethyl adjacent to an activating group) is 1. The molecule has 0 spiro atoms. The lowest BCUT2D eigenvalue weighted by Crippen LogP contribution is -2.27. The second-order valence-electron chi connectivity index (χ2n) is 6.04. The number of aromatic nitrogens is 1. The number of carbonyl (C=O) groups is 1. The van der Waals surface area contributed by atoms with Gasteiger partial charge in [0.25, 0.3) is 0 Å². The van der Waals surface area contributed by atoms with Gasteiger partial charge in [0.1, 0.15) is 11.3 Å². The molecule has 0 saturated carbocycles. The molecule has 6 heteroatoms. The highest BCUT2D eigenvalue weighted by atomic mass is 19.1. The Balaban J connectivity index is 1.79. The third kappa shape index (κ3) is 3.59. The van der Waals surface area contributed by atoms with Crippen molar-refractivity contribution in [2.24, 2.45) is 0 Å². The second-order valence-corrected chi connectivity index (χ2v) is 6.04. The van der Waals surface area contributed by atoms with E-state index in [1.807, 2.05) is 24.3 Å². The molecular weight excluding hydrogens is 335 g/mol. The number of benzene rings is 2. The summed E-state index contributed by atoms with van der Waals surface area (Å²) in [4.78, 5) is 18.4. The Bertz CT molecular complexity index is 959. The van der Waals surface area contributed by atoms with Gasteiger partial charge in [-0.05, 0) is 35.4 Å². The van der Waals surface area contributed by atoms with Gasteiger partial charge in [-0.15, -0.1) is 0 Å². The van der Waals surface area contributed by atoms with Gasteiger partial charge in [0.15, 0.2) is 11.6 Å². The molecule has 1 aromatic heterocycles. The smallest absolute Gasteiger partial charge is 0.227 e. The summed E-state index contributed by atoms with van der Waals surface area (Å²) >= 11 is 0. The highest BCUT2D eigenvalue weighted by Crippen LogP contribution is 2.27. The normalized spacial score (nSPS) is 10.7. The molecule has 0 atom stereocenters. The van der Waals surface area contributed by atoms with Crippen LogP contribution in [-0.2, 0) is 17.8 Å². The van der Waals surface area contributed by atoms with Crippen molar-refractivity contribution in [2.45, 2.75) is 13.0 Å². The summed E-state index contributed by atoms with van der Waals surface area (Å²) in [5.74, 6) is -0.627. The number of pyridine rings is 1. The summed E-state index contributed by atoms with van der Waals surface area (Å²) in [5.41, 5.74) is 2.20. The van der Waals surface area contributed by atoms with Crippen molar-refractivity contribution in [3.8, 4) is 11.5 Å². The van der Waals surface area contributed by atoms with Crippen molar-refractivity contribution in [1.29, 1.82) is 0 Å². The lowest BCUT2D eigenvalue weighted by Gasteiger charge is -2.19. The molecular formula is C20H19FN2O3. The Morgan fingerprint density at radius 3 is 2.81 bits per heavy atom. The van der Waals surface area contributed by atoms with Crippen LogP contribution in [-0.4, -0.2) is 35.1 Å². The van der Waals surface area contributed by atoms with Gasteiger partial charge in [0, 0.05) is 25.2 Å². The van der Waals surface area contributed by atoms with Crippen LogP contribution >= 0.6 is 0 Å². The predicted molar refractivity (Wildman–Crippen MR) is 96.5 cm³/mol. The molecule has 0 saturated heterocycles. The van der Waals surface area contributed by atoms with Crippen LogP contribution in [0, 0.1) is 5.82 Å². The molecule has 0 fully saturated rings. The van der Waals surface area contributed by atoms with Crippen molar-refractivity contribution < 1.29 is 19.0 Å². The van der Waals surface area contributed by atoms with Crippen LogP contribution in [0.2, 0.25) is 0 Å². The maximum atomic E-state index is 13.4. The van der Waals surface area contributed by atoms with Crippen LogP contribution < -0.4 is 4.74 Å². The van der Waals surface area contributed by atoms with Crippen molar-refractivity contribution >= 4 is 16.8 Å². The zero-order chi connectivity index (χ0) is 18.7. The number of hydrogen-bond acceptors (Lipinski definition) is 4. The van der Waals surface area contributed by atoms with E-state index in [-0.39, 0.29) is 12.3 Å². The van der Waals surface area contributed by atoms with Crippen molar-refractivity contribution in [3.63, 3.8) is 0 Å². The van der Waals surface area contributed by atoms with E-state index in [1.165, 1.54) is 18.2 Å². The van der Waals surface area contributed by atoms with Gasteiger partial charge in [-0.3, -0.25) is 9.78 Å². The number of fused-ring (bicyclic) bond motifs is 1. The number of nitrogens with zero attached hydrogens (tertiary/aromatic N) is 2. The van der Waals surface area contributed by atoms with E-state index in [9.17, 15) is 14.3 Å². The third-order valence-electron chi connectivity index (χ3n) is 4.24. The van der Waals surface area contributed by atoms with Crippen molar-refractivity contribution in [3.05, 3.63) is 65.6 Å². The molecule has 1 amide bonds. The van der Waals surface area contributed by atoms with E-state index in [0.29, 0.717) is 17.9 Å². The molecule has 0 unspecified atom stereocenters. The maximum Gasteiger partial charge on any atom is 0.227 e. The van der Waals surface area contributed by atoms with Gasteiger partial charge in [0.2, 0.25) is 5.91 Å². The Morgan fingerprint density at radius 1 is 1.27 bits per heavy atom. The number of ether oxygens (including phenoxy) is 1. The maximum absolute atomic E-state index is 13.4. The topological polar surface area (TPSA) is 62.7 Å². The van der Waals surface area contributed by atoms with Crippen LogP contribution in [0.5, 0.6) is 11.5 Å². The van der Waals surface area contributed by atoms with Crippen LogP contribution in [0.1, 0.15) is 11.1 Å². The highest BCUT2D eigenvalue weighted by molar-refractivity contribution is 5.88. The molecule has 0 bridgehead atoms. The molecule has 1 N–H and O–H groups in total. The molecule has 5 nitrogen and oxygen atoms in total. The van der Waals surface area contributed by atoms with E-state index in [4.69, 9.17) is 4.74 Å². The average Bonchev–Trinajstić information content (AvgIpc) is 2.65. The summed E-state index contributed by atoms with van der Waals surface area (Å²) < 4.78 is 18.8. The van der Waals surface area contributed by atoms with E-state index >= 15 is 0 Å². The van der Waals surface area contributed by atoms with Crippen LogP contribution in [0.3, 0.4) is 0 Å². The number of hydrogen-bond donors (Lipinski definition) is 1. The predicted octanol–water partition coefficient (Wildman–Crippen LogP) is 3.29. The van der Waals surface area contributed by atoms with Gasteiger partial charge >= 0.3 is 0 Å². The molecule has 2 aromatic carbocycles. The second kappa shape index (κ2) is 7.39. The summed E-state index contributed by atoms with van der Waals surface area (Å²) in [7, 11) is 3.29. The van der Waals surface area contributed by atoms with Gasteiger partial charge in [0.05, 0.1) is 13.5 Å². The minimum absolute atomic E-state index is 0.0556. The molecule has 0 radical (unpaired) electrons. The molecule has 3 rings (SSSR count). The number of halogens is 1. The van der Waals surface area contributed by atoms with Gasteiger partial charge < -0.3 is 14.7 Å². The number of carbonyl (C=O) groups excluding carboxylic acids is 1. The zero-order valence-corrected chi connectivity index (χ0v) is 14.6. The highest BCUT2D eigenvalue weighted by Gasteiger charge is 2.14. The first kappa shape index (κ1) is 17.7. The number of phenolic OH excluding ortho intramolecular Hbond substituents is 1. The van der Waals surface area contributed by atoms with E-state index < -0.39 is 11.6 Å². The molecule has 0 aliphatic heterocycles. The molecule has 3 aromatic rings. The Kier molecular flexibility index (Phi) is 5.02. The lowest BCUT2D eigenvalue weighted by molar-refractivity contribution is -0.129. The lowest BCUT2D eigenvalue weighted by atomic mass is 10.1. The summed E-state index contributed by atoms with van der Waals surface area (Å²) in [6, 6.07) is 11.5. The minimum Gasteiger partial charge on any atom is -0.505 e. The van der Waals surface area contributed by atoms with Crippen molar-refractivity contribution in [2.75, 3.05) is 14.2 Å². The Hall–Kier alpha value is -3.15. The average molecular weight is 354 g/mol. The van der Waals surface area contributed by atoms with E-state index in [0.717, 1.165) is 16.5 Å². The largest absolute Gasteiger partial charge is 0.505 e. The first-order valence-electron chi connectivity index (χ1n) is 8.11. The zero-order valence-electron chi connectivity index (χ0n) is 14.6. The fourth-order valence-electron chi connectivity index (χ4n) is 2.82.